The number of aryl methyl sites for hydroxylation is 1. The van der Waals surface area contributed by atoms with Crippen LogP contribution < -0.4 is 5.73 Å². The Morgan fingerprint density at radius 3 is 2.60 bits per heavy atom. The van der Waals surface area contributed by atoms with Gasteiger partial charge >= 0.3 is 6.09 Å². The zero-order valence-corrected chi connectivity index (χ0v) is 15.0. The molecule has 1 atom stereocenters. The van der Waals surface area contributed by atoms with Crippen molar-refractivity contribution in [2.75, 3.05) is 18.8 Å². The second kappa shape index (κ2) is 6.61. The largest absolute Gasteiger partial charge is 0.444 e. The first-order valence-electron chi connectivity index (χ1n) is 8.21. The van der Waals surface area contributed by atoms with Gasteiger partial charge in [-0.05, 0) is 57.4 Å². The van der Waals surface area contributed by atoms with Crippen LogP contribution in [0.3, 0.4) is 0 Å². The van der Waals surface area contributed by atoms with E-state index in [4.69, 9.17) is 15.9 Å². The van der Waals surface area contributed by atoms with E-state index in [2.05, 4.69) is 0 Å². The summed E-state index contributed by atoms with van der Waals surface area (Å²) in [6.07, 6.45) is 0.507. The van der Waals surface area contributed by atoms with Crippen molar-refractivity contribution in [3.63, 3.8) is 0 Å². The first kappa shape index (κ1) is 19.1. The van der Waals surface area contributed by atoms with Crippen LogP contribution in [0.4, 0.5) is 19.3 Å². The minimum absolute atomic E-state index is 0.121. The van der Waals surface area contributed by atoms with Crippen LogP contribution in [0.2, 0.25) is 0 Å². The zero-order chi connectivity index (χ0) is 19.0. The number of anilines is 1. The monoisotopic (exact) mass is 353 g/mol. The lowest BCUT2D eigenvalue weighted by atomic mass is 9.83. The van der Waals surface area contributed by atoms with Crippen molar-refractivity contribution in [3.8, 4) is 0 Å². The number of nitrogens with zero attached hydrogens (tertiary/aromatic N) is 1. The van der Waals surface area contributed by atoms with Crippen LogP contribution in [0.5, 0.6) is 0 Å². The summed E-state index contributed by atoms with van der Waals surface area (Å²) in [4.78, 5) is 13.1. The van der Waals surface area contributed by atoms with E-state index in [1.54, 1.807) is 33.8 Å². The summed E-state index contributed by atoms with van der Waals surface area (Å²) < 4.78 is 34.7. The maximum atomic E-state index is 14.8. The minimum atomic E-state index is -3.08. The number of nitrogens with two attached hydrogens (primary N) is 1. The fourth-order valence-electron chi connectivity index (χ4n) is 3.07. The van der Waals surface area contributed by atoms with Crippen molar-refractivity contribution in [3.05, 3.63) is 28.8 Å². The normalized spacial score (nSPS) is 20.2. The molecule has 0 saturated carbocycles. The highest BCUT2D eigenvalue weighted by Gasteiger charge is 2.47. The molecule has 0 bridgehead atoms. The molecule has 0 aromatic heterocycles. The number of halogens is 2. The topological polar surface area (TPSA) is 79.4 Å². The van der Waals surface area contributed by atoms with Gasteiger partial charge in [0.1, 0.15) is 5.60 Å². The molecular formula is C18H25F2N3O2. The Kier molecular flexibility index (Phi) is 5.06. The number of nitrogens with one attached hydrogen (secondary N) is 1. The van der Waals surface area contributed by atoms with Gasteiger partial charge in [0, 0.05) is 24.0 Å². The summed E-state index contributed by atoms with van der Waals surface area (Å²) in [5, 5.41) is 7.31. The van der Waals surface area contributed by atoms with Gasteiger partial charge in [0.05, 0.1) is 12.5 Å². The summed E-state index contributed by atoms with van der Waals surface area (Å²) in [5.41, 5.74) is 7.09. The number of likely N-dealkylation sites (tertiary alicyclic amines) is 1. The number of ether oxygens (including phenoxy) is 1. The summed E-state index contributed by atoms with van der Waals surface area (Å²) in [5.74, 6) is -4.10. The molecule has 1 amide bonds. The quantitative estimate of drug-likeness (QED) is 0.624. The van der Waals surface area contributed by atoms with Crippen molar-refractivity contribution in [2.45, 2.75) is 51.6 Å². The van der Waals surface area contributed by atoms with Crippen molar-refractivity contribution in [2.24, 2.45) is 0 Å². The molecular weight excluding hydrogens is 328 g/mol. The Morgan fingerprint density at radius 1 is 1.44 bits per heavy atom. The van der Waals surface area contributed by atoms with Crippen LogP contribution in [-0.4, -0.2) is 41.8 Å². The van der Waals surface area contributed by atoms with Crippen LogP contribution in [0, 0.1) is 12.3 Å². The number of carbonyl (C=O) groups excluding carboxylic acids is 1. The summed E-state index contributed by atoms with van der Waals surface area (Å²) in [6.45, 7) is 6.35. The van der Waals surface area contributed by atoms with E-state index in [1.165, 1.54) is 6.07 Å². The van der Waals surface area contributed by atoms with Crippen molar-refractivity contribution < 1.29 is 18.3 Å². The average molecular weight is 353 g/mol. The predicted molar refractivity (Wildman–Crippen MR) is 93.6 cm³/mol. The highest BCUT2D eigenvalue weighted by Crippen LogP contribution is 2.42. The van der Waals surface area contributed by atoms with Crippen LogP contribution in [0.1, 0.15) is 49.8 Å². The molecule has 1 aliphatic rings. The third kappa shape index (κ3) is 4.27. The Labute approximate surface area is 146 Å². The highest BCUT2D eigenvalue weighted by molar-refractivity contribution is 5.85. The first-order chi connectivity index (χ1) is 11.4. The van der Waals surface area contributed by atoms with E-state index in [0.29, 0.717) is 22.4 Å². The fourth-order valence-corrected chi connectivity index (χ4v) is 3.07. The summed E-state index contributed by atoms with van der Waals surface area (Å²) in [6, 6.07) is 3.17. The molecule has 1 aliphatic heterocycles. The number of piperidine rings is 1. The SMILES string of the molecule is Cc1cc(C=N)c(N)cc1C1CCN(C(=O)OC(C)(C)C)CC1(F)F. The molecule has 5 nitrogen and oxygen atoms in total. The van der Waals surface area contributed by atoms with Gasteiger partial charge in [0.25, 0.3) is 5.92 Å². The number of amides is 1. The number of hydrogen-bond donors (Lipinski definition) is 2. The maximum Gasteiger partial charge on any atom is 0.410 e. The molecule has 1 aromatic carbocycles. The van der Waals surface area contributed by atoms with Crippen LogP contribution in [0.25, 0.3) is 0 Å². The Balaban J connectivity index is 2.23. The van der Waals surface area contributed by atoms with E-state index >= 15 is 0 Å². The van der Waals surface area contributed by atoms with E-state index in [0.717, 1.165) is 11.1 Å². The van der Waals surface area contributed by atoms with Gasteiger partial charge in [0.2, 0.25) is 0 Å². The van der Waals surface area contributed by atoms with Crippen molar-refractivity contribution in [1.82, 2.24) is 4.90 Å². The highest BCUT2D eigenvalue weighted by atomic mass is 19.3. The maximum absolute atomic E-state index is 14.8. The van der Waals surface area contributed by atoms with Gasteiger partial charge in [-0.3, -0.25) is 0 Å². The molecule has 1 fully saturated rings. The molecule has 138 valence electrons. The van der Waals surface area contributed by atoms with Crippen molar-refractivity contribution in [1.29, 1.82) is 5.41 Å². The molecule has 0 spiro atoms. The second-order valence-corrected chi connectivity index (χ2v) is 7.49. The van der Waals surface area contributed by atoms with Gasteiger partial charge in [-0.25, -0.2) is 13.6 Å². The Morgan fingerprint density at radius 2 is 2.08 bits per heavy atom. The van der Waals surface area contributed by atoms with Gasteiger partial charge in [0.15, 0.2) is 0 Å². The van der Waals surface area contributed by atoms with Crippen LogP contribution >= 0.6 is 0 Å². The molecule has 1 unspecified atom stereocenters. The van der Waals surface area contributed by atoms with Gasteiger partial charge in [-0.15, -0.1) is 0 Å². The number of nitrogen functional groups attached to an aromatic ring is 1. The lowest BCUT2D eigenvalue weighted by Gasteiger charge is -2.39. The predicted octanol–water partition coefficient (Wildman–Crippen LogP) is 3.93. The zero-order valence-electron chi connectivity index (χ0n) is 15.0. The lowest BCUT2D eigenvalue weighted by Crippen LogP contribution is -2.51. The third-order valence-electron chi connectivity index (χ3n) is 4.25. The Bertz CT molecular complexity index is 684. The van der Waals surface area contributed by atoms with Gasteiger partial charge < -0.3 is 20.8 Å². The minimum Gasteiger partial charge on any atom is -0.444 e. The molecule has 0 radical (unpaired) electrons. The fraction of sp³-hybridized carbons (Fsp3) is 0.556. The Hall–Kier alpha value is -2.18. The molecule has 25 heavy (non-hydrogen) atoms. The average Bonchev–Trinajstić information content (AvgIpc) is 2.46. The standard InChI is InChI=1S/C18H25F2N3O2/c1-11-7-12(9-21)15(22)8-13(11)14-5-6-23(10-18(14,19)20)16(24)25-17(2,3)4/h7-9,14,21H,5-6,10,22H2,1-4H3. The van der Waals surface area contributed by atoms with E-state index < -0.39 is 30.1 Å². The molecule has 1 saturated heterocycles. The van der Waals surface area contributed by atoms with Crippen LogP contribution in [-0.2, 0) is 4.74 Å². The molecule has 7 heteroatoms. The smallest absolute Gasteiger partial charge is 0.410 e. The summed E-state index contributed by atoms with van der Waals surface area (Å²) >= 11 is 0. The molecule has 2 rings (SSSR count). The van der Waals surface area contributed by atoms with Crippen molar-refractivity contribution >= 4 is 18.0 Å². The third-order valence-corrected chi connectivity index (χ3v) is 4.25. The number of rotatable bonds is 2. The number of alkyl halides is 2. The van der Waals surface area contributed by atoms with Gasteiger partial charge in [-0.1, -0.05) is 0 Å². The molecule has 1 aromatic rings. The lowest BCUT2D eigenvalue weighted by molar-refractivity contribution is -0.0850. The van der Waals surface area contributed by atoms with E-state index in [1.807, 2.05) is 0 Å². The van der Waals surface area contributed by atoms with Gasteiger partial charge in [-0.2, -0.15) is 0 Å². The second-order valence-electron chi connectivity index (χ2n) is 7.49. The van der Waals surface area contributed by atoms with E-state index in [9.17, 15) is 13.6 Å². The number of carbonyl (C=O) groups is 1. The summed E-state index contributed by atoms with van der Waals surface area (Å²) in [7, 11) is 0. The van der Waals surface area contributed by atoms with E-state index in [-0.39, 0.29) is 13.0 Å². The molecule has 3 N–H and O–H groups in total. The first-order valence-corrected chi connectivity index (χ1v) is 8.21. The van der Waals surface area contributed by atoms with Crippen LogP contribution in [0.15, 0.2) is 12.1 Å². The number of benzene rings is 1. The number of hydrogen-bond acceptors (Lipinski definition) is 4. The molecule has 1 heterocycles. The molecule has 0 aliphatic carbocycles.